The Hall–Kier alpha value is -1.53. The summed E-state index contributed by atoms with van der Waals surface area (Å²) in [5.74, 6) is 0. The predicted molar refractivity (Wildman–Crippen MR) is 63.2 cm³/mol. The number of nitrogens with one attached hydrogen (secondary N) is 1. The summed E-state index contributed by atoms with van der Waals surface area (Å²) in [6.45, 7) is 0. The van der Waals surface area contributed by atoms with Crippen molar-refractivity contribution in [3.8, 4) is 6.07 Å². The zero-order chi connectivity index (χ0) is 11.4. The van der Waals surface area contributed by atoms with Crippen LogP contribution < -0.4 is 5.32 Å². The van der Waals surface area contributed by atoms with Gasteiger partial charge in [-0.15, -0.1) is 0 Å². The highest BCUT2D eigenvalue weighted by Gasteiger charge is 2.23. The normalized spacial score (nSPS) is 24.0. The van der Waals surface area contributed by atoms with Gasteiger partial charge in [-0.2, -0.15) is 5.26 Å². The molecule has 0 heterocycles. The molecule has 2 atom stereocenters. The Bertz CT molecular complexity index is 397. The van der Waals surface area contributed by atoms with Gasteiger partial charge in [-0.25, -0.2) is 0 Å². The molecule has 0 saturated heterocycles. The van der Waals surface area contributed by atoms with Gasteiger partial charge in [0.15, 0.2) is 0 Å². The van der Waals surface area contributed by atoms with Crippen LogP contribution in [-0.4, -0.2) is 19.3 Å². The highest BCUT2D eigenvalue weighted by atomic mass is 16.5. The van der Waals surface area contributed by atoms with E-state index in [1.807, 2.05) is 24.3 Å². The van der Waals surface area contributed by atoms with Crippen molar-refractivity contribution in [3.05, 3.63) is 29.8 Å². The molecule has 0 radical (unpaired) electrons. The molecular formula is C13H16N2O. The van der Waals surface area contributed by atoms with E-state index in [4.69, 9.17) is 10.00 Å². The summed E-state index contributed by atoms with van der Waals surface area (Å²) in [7, 11) is 1.77. The fourth-order valence-corrected chi connectivity index (χ4v) is 2.20. The minimum atomic E-state index is 0.386. The fraction of sp³-hybridized carbons (Fsp3) is 0.462. The average Bonchev–Trinajstić information content (AvgIpc) is 2.77. The van der Waals surface area contributed by atoms with Gasteiger partial charge in [0.2, 0.25) is 0 Å². The van der Waals surface area contributed by atoms with E-state index in [0.29, 0.717) is 17.7 Å². The molecule has 0 amide bonds. The summed E-state index contributed by atoms with van der Waals surface area (Å²) < 4.78 is 5.33. The summed E-state index contributed by atoms with van der Waals surface area (Å²) in [5.41, 5.74) is 1.73. The first-order valence-corrected chi connectivity index (χ1v) is 5.61. The molecule has 3 nitrogen and oxygen atoms in total. The number of benzene rings is 1. The second kappa shape index (κ2) is 5.00. The maximum absolute atomic E-state index is 8.81. The first-order valence-electron chi connectivity index (χ1n) is 5.61. The van der Waals surface area contributed by atoms with Crippen molar-refractivity contribution in [1.82, 2.24) is 0 Å². The minimum absolute atomic E-state index is 0.386. The molecule has 0 bridgehead atoms. The van der Waals surface area contributed by atoms with E-state index >= 15 is 0 Å². The molecule has 1 aliphatic rings. The standard InChI is InChI=1S/C13H16N2O/c1-16-13-6-5-12(8-13)15-11-4-2-3-10(7-11)9-14/h2-4,7,12-13,15H,5-6,8H2,1H3. The minimum Gasteiger partial charge on any atom is -0.382 e. The van der Waals surface area contributed by atoms with Crippen LogP contribution in [0.15, 0.2) is 24.3 Å². The van der Waals surface area contributed by atoms with Crippen LogP contribution in [0, 0.1) is 11.3 Å². The summed E-state index contributed by atoms with van der Waals surface area (Å²) >= 11 is 0. The lowest BCUT2D eigenvalue weighted by atomic mass is 10.2. The Balaban J connectivity index is 1.97. The molecule has 2 unspecified atom stereocenters. The van der Waals surface area contributed by atoms with E-state index in [2.05, 4.69) is 11.4 Å². The quantitative estimate of drug-likeness (QED) is 0.844. The number of ether oxygens (including phenoxy) is 1. The number of hydrogen-bond acceptors (Lipinski definition) is 3. The van der Waals surface area contributed by atoms with Crippen molar-refractivity contribution >= 4 is 5.69 Å². The predicted octanol–water partition coefficient (Wildman–Crippen LogP) is 2.54. The SMILES string of the molecule is COC1CCC(Nc2cccc(C#N)c2)C1. The molecule has 16 heavy (non-hydrogen) atoms. The van der Waals surface area contributed by atoms with Gasteiger partial charge in [-0.3, -0.25) is 0 Å². The van der Waals surface area contributed by atoms with E-state index in [0.717, 1.165) is 24.9 Å². The first kappa shape index (κ1) is 11.0. The molecule has 0 spiro atoms. The highest BCUT2D eigenvalue weighted by Crippen LogP contribution is 2.25. The molecule has 1 aliphatic carbocycles. The van der Waals surface area contributed by atoms with Gasteiger partial charge >= 0.3 is 0 Å². The van der Waals surface area contributed by atoms with E-state index < -0.39 is 0 Å². The Morgan fingerprint density at radius 3 is 3.00 bits per heavy atom. The molecule has 1 fully saturated rings. The summed E-state index contributed by atoms with van der Waals surface area (Å²) in [4.78, 5) is 0. The first-order chi connectivity index (χ1) is 7.81. The van der Waals surface area contributed by atoms with E-state index in [1.165, 1.54) is 0 Å². The van der Waals surface area contributed by atoms with Gasteiger partial charge in [0, 0.05) is 18.8 Å². The average molecular weight is 216 g/mol. The molecule has 1 saturated carbocycles. The smallest absolute Gasteiger partial charge is 0.0992 e. The third-order valence-electron chi connectivity index (χ3n) is 3.08. The van der Waals surface area contributed by atoms with Gasteiger partial charge < -0.3 is 10.1 Å². The largest absolute Gasteiger partial charge is 0.382 e. The lowest BCUT2D eigenvalue weighted by Gasteiger charge is -2.14. The van der Waals surface area contributed by atoms with Crippen LogP contribution in [0.5, 0.6) is 0 Å². The van der Waals surface area contributed by atoms with Crippen LogP contribution in [0.25, 0.3) is 0 Å². The lowest BCUT2D eigenvalue weighted by molar-refractivity contribution is 0.108. The van der Waals surface area contributed by atoms with Crippen molar-refractivity contribution in [2.24, 2.45) is 0 Å². The van der Waals surface area contributed by atoms with Crippen LogP contribution in [0.3, 0.4) is 0 Å². The van der Waals surface area contributed by atoms with E-state index in [1.54, 1.807) is 7.11 Å². The van der Waals surface area contributed by atoms with Gasteiger partial charge in [-0.05, 0) is 37.5 Å². The third-order valence-corrected chi connectivity index (χ3v) is 3.08. The van der Waals surface area contributed by atoms with Crippen LogP contribution >= 0.6 is 0 Å². The summed E-state index contributed by atoms with van der Waals surface area (Å²) in [5, 5.41) is 12.3. The van der Waals surface area contributed by atoms with Crippen LogP contribution in [-0.2, 0) is 4.74 Å². The number of nitriles is 1. The lowest BCUT2D eigenvalue weighted by Crippen LogP contribution is -2.17. The molecule has 0 aromatic heterocycles. The number of rotatable bonds is 3. The molecule has 2 rings (SSSR count). The summed E-state index contributed by atoms with van der Waals surface area (Å²) in [6, 6.07) is 10.2. The highest BCUT2D eigenvalue weighted by molar-refractivity contribution is 5.49. The second-order valence-corrected chi connectivity index (χ2v) is 4.20. The topological polar surface area (TPSA) is 45.0 Å². The number of hydrogen-bond donors (Lipinski definition) is 1. The maximum Gasteiger partial charge on any atom is 0.0992 e. The van der Waals surface area contributed by atoms with E-state index in [-0.39, 0.29) is 0 Å². The molecule has 3 heteroatoms. The van der Waals surface area contributed by atoms with Gasteiger partial charge in [0.05, 0.1) is 17.7 Å². The van der Waals surface area contributed by atoms with Gasteiger partial charge in [-0.1, -0.05) is 6.07 Å². The van der Waals surface area contributed by atoms with Crippen molar-refractivity contribution in [2.75, 3.05) is 12.4 Å². The second-order valence-electron chi connectivity index (χ2n) is 4.20. The Kier molecular flexibility index (Phi) is 3.43. The van der Waals surface area contributed by atoms with Crippen LogP contribution in [0.2, 0.25) is 0 Å². The summed E-state index contributed by atoms with van der Waals surface area (Å²) in [6.07, 6.45) is 3.69. The molecule has 84 valence electrons. The zero-order valence-corrected chi connectivity index (χ0v) is 9.44. The number of methoxy groups -OCH3 is 1. The van der Waals surface area contributed by atoms with Crippen molar-refractivity contribution in [1.29, 1.82) is 5.26 Å². The van der Waals surface area contributed by atoms with Crippen molar-refractivity contribution < 1.29 is 4.74 Å². The van der Waals surface area contributed by atoms with Gasteiger partial charge in [0.1, 0.15) is 0 Å². The third kappa shape index (κ3) is 2.53. The zero-order valence-electron chi connectivity index (χ0n) is 9.44. The van der Waals surface area contributed by atoms with Crippen molar-refractivity contribution in [2.45, 2.75) is 31.4 Å². The molecule has 0 aliphatic heterocycles. The Morgan fingerprint density at radius 1 is 1.44 bits per heavy atom. The molecule has 1 aromatic rings. The number of anilines is 1. The molecule has 1 N–H and O–H groups in total. The number of nitrogens with zero attached hydrogens (tertiary/aromatic N) is 1. The fourth-order valence-electron chi connectivity index (χ4n) is 2.20. The molecular weight excluding hydrogens is 200 g/mol. The van der Waals surface area contributed by atoms with Gasteiger partial charge in [0.25, 0.3) is 0 Å². The van der Waals surface area contributed by atoms with Crippen LogP contribution in [0.4, 0.5) is 5.69 Å². The Morgan fingerprint density at radius 2 is 2.31 bits per heavy atom. The van der Waals surface area contributed by atoms with Crippen LogP contribution in [0.1, 0.15) is 24.8 Å². The Labute approximate surface area is 96.0 Å². The maximum atomic E-state index is 8.81. The van der Waals surface area contributed by atoms with Crippen molar-refractivity contribution in [3.63, 3.8) is 0 Å². The van der Waals surface area contributed by atoms with E-state index in [9.17, 15) is 0 Å². The molecule has 1 aromatic carbocycles. The monoisotopic (exact) mass is 216 g/mol.